The number of carbonyl (C=O) groups excluding carboxylic acids is 2. The van der Waals surface area contributed by atoms with Gasteiger partial charge in [0.25, 0.3) is 0 Å². The van der Waals surface area contributed by atoms with Crippen molar-refractivity contribution >= 4 is 17.6 Å². The fourth-order valence-electron chi connectivity index (χ4n) is 4.05. The Hall–Kier alpha value is -2.90. The zero-order valence-electron chi connectivity index (χ0n) is 18.8. The summed E-state index contributed by atoms with van der Waals surface area (Å²) in [5.74, 6) is -5.65. The number of amides is 1. The number of nitrogens with one attached hydrogen (secondary N) is 1. The molecule has 0 aromatic heterocycles. The molecule has 1 amide bonds. The number of carbonyl (C=O) groups is 2. The van der Waals surface area contributed by atoms with Crippen molar-refractivity contribution in [2.45, 2.75) is 57.0 Å². The number of alkyl halides is 3. The molecule has 2 atom stereocenters. The highest BCUT2D eigenvalue weighted by molar-refractivity contribution is 5.96. The van der Waals surface area contributed by atoms with E-state index >= 15 is 0 Å². The van der Waals surface area contributed by atoms with Crippen molar-refractivity contribution < 1.29 is 31.9 Å². The zero-order chi connectivity index (χ0) is 24.4. The smallest absolute Gasteiger partial charge is 0.392 e. The van der Waals surface area contributed by atoms with Gasteiger partial charge in [0.15, 0.2) is 0 Å². The minimum atomic E-state index is -4.62. The van der Waals surface area contributed by atoms with E-state index in [1.807, 2.05) is 6.92 Å². The molecule has 0 saturated heterocycles. The van der Waals surface area contributed by atoms with Gasteiger partial charge < -0.3 is 10.1 Å². The maximum atomic E-state index is 14.5. The van der Waals surface area contributed by atoms with Gasteiger partial charge in [-0.2, -0.15) is 13.2 Å². The molecule has 0 radical (unpaired) electrons. The summed E-state index contributed by atoms with van der Waals surface area (Å²) in [5, 5.41) is 2.37. The highest BCUT2D eigenvalue weighted by atomic mass is 19.4. The molecular formula is C25H27F4NO3. The molecule has 8 heteroatoms. The van der Waals surface area contributed by atoms with Crippen LogP contribution in [0.2, 0.25) is 0 Å². The number of aryl methyl sites for hydroxylation is 1. The molecule has 2 unspecified atom stereocenters. The maximum Gasteiger partial charge on any atom is 0.392 e. The minimum absolute atomic E-state index is 0.111. The number of esters is 1. The monoisotopic (exact) mass is 465 g/mol. The quantitative estimate of drug-likeness (QED) is 0.390. The number of benzene rings is 2. The summed E-state index contributed by atoms with van der Waals surface area (Å²) in [6.07, 6.45) is -2.42. The Labute approximate surface area is 190 Å². The molecule has 2 aromatic rings. The fourth-order valence-corrected chi connectivity index (χ4v) is 4.05. The molecule has 33 heavy (non-hydrogen) atoms. The van der Waals surface area contributed by atoms with Crippen LogP contribution >= 0.6 is 0 Å². The Morgan fingerprint density at radius 2 is 1.76 bits per heavy atom. The van der Waals surface area contributed by atoms with Crippen LogP contribution in [0.4, 0.5) is 23.2 Å². The largest absolute Gasteiger partial charge is 0.469 e. The highest BCUT2D eigenvalue weighted by Gasteiger charge is 2.47. The van der Waals surface area contributed by atoms with Gasteiger partial charge in [0.05, 0.1) is 31.1 Å². The average Bonchev–Trinajstić information content (AvgIpc) is 3.55. The molecule has 1 saturated carbocycles. The van der Waals surface area contributed by atoms with E-state index in [1.165, 1.54) is 31.4 Å². The summed E-state index contributed by atoms with van der Waals surface area (Å²) in [4.78, 5) is 24.8. The Morgan fingerprint density at radius 3 is 2.27 bits per heavy atom. The molecule has 0 heterocycles. The molecule has 178 valence electrons. The number of anilines is 1. The molecule has 3 rings (SSSR count). The molecule has 0 aliphatic heterocycles. The third kappa shape index (κ3) is 5.54. The lowest BCUT2D eigenvalue weighted by molar-refractivity contribution is -0.178. The standard InChI is InChI=1S/C25H27F4NO3/c1-4-16-5-7-17(8-6-16)22(15(2)25(27,28)29)23(32)30-20-13-18(9-10-19(20)26)24(11-12-24)14-21(31)33-3/h5-10,13,15,22H,4,11-12,14H2,1-3H3,(H,30,32). The Bertz CT molecular complexity index is 1010. The van der Waals surface area contributed by atoms with Crippen LogP contribution in [0.5, 0.6) is 0 Å². The molecule has 1 aliphatic rings. The second-order valence-corrected chi connectivity index (χ2v) is 8.62. The van der Waals surface area contributed by atoms with Gasteiger partial charge in [0.1, 0.15) is 5.82 Å². The van der Waals surface area contributed by atoms with E-state index in [1.54, 1.807) is 12.1 Å². The summed E-state index contributed by atoms with van der Waals surface area (Å²) < 4.78 is 60.1. The van der Waals surface area contributed by atoms with E-state index in [-0.39, 0.29) is 17.7 Å². The van der Waals surface area contributed by atoms with E-state index in [9.17, 15) is 27.2 Å². The van der Waals surface area contributed by atoms with Gasteiger partial charge in [-0.1, -0.05) is 44.2 Å². The molecule has 1 N–H and O–H groups in total. The maximum absolute atomic E-state index is 14.5. The first-order chi connectivity index (χ1) is 15.5. The SMILES string of the molecule is CCc1ccc(C(C(=O)Nc2cc(C3(CC(=O)OC)CC3)ccc2F)C(C)C(F)(F)F)cc1. The van der Waals surface area contributed by atoms with Gasteiger partial charge in [-0.15, -0.1) is 0 Å². The number of halogens is 4. The normalized spacial score (nSPS) is 16.6. The fraction of sp³-hybridized carbons (Fsp3) is 0.440. The van der Waals surface area contributed by atoms with E-state index in [0.29, 0.717) is 24.8 Å². The number of rotatable bonds is 8. The van der Waals surface area contributed by atoms with Crippen LogP contribution in [0.15, 0.2) is 42.5 Å². The van der Waals surface area contributed by atoms with Gasteiger partial charge in [0, 0.05) is 5.41 Å². The topological polar surface area (TPSA) is 55.4 Å². The van der Waals surface area contributed by atoms with E-state index < -0.39 is 41.1 Å². The van der Waals surface area contributed by atoms with Gasteiger partial charge in [-0.3, -0.25) is 9.59 Å². The van der Waals surface area contributed by atoms with Crippen molar-refractivity contribution in [2.24, 2.45) is 5.92 Å². The minimum Gasteiger partial charge on any atom is -0.469 e. The first-order valence-corrected chi connectivity index (χ1v) is 10.8. The lowest BCUT2D eigenvalue weighted by Crippen LogP contribution is -2.34. The van der Waals surface area contributed by atoms with Crippen LogP contribution < -0.4 is 5.32 Å². The third-order valence-corrected chi connectivity index (χ3v) is 6.45. The predicted molar refractivity (Wildman–Crippen MR) is 116 cm³/mol. The number of hydrogen-bond acceptors (Lipinski definition) is 3. The molecule has 1 fully saturated rings. The first kappa shape index (κ1) is 24.7. The summed E-state index contributed by atoms with van der Waals surface area (Å²) in [6.45, 7) is 2.86. The highest BCUT2D eigenvalue weighted by Crippen LogP contribution is 2.52. The lowest BCUT2D eigenvalue weighted by atomic mass is 9.85. The van der Waals surface area contributed by atoms with E-state index in [2.05, 4.69) is 5.32 Å². The van der Waals surface area contributed by atoms with Crippen molar-refractivity contribution in [2.75, 3.05) is 12.4 Å². The molecule has 1 aliphatic carbocycles. The van der Waals surface area contributed by atoms with Crippen molar-refractivity contribution in [3.05, 3.63) is 65.0 Å². The Balaban J connectivity index is 1.91. The van der Waals surface area contributed by atoms with Crippen LogP contribution in [0.25, 0.3) is 0 Å². The van der Waals surface area contributed by atoms with Crippen molar-refractivity contribution in [1.82, 2.24) is 0 Å². The molecule has 2 aromatic carbocycles. The third-order valence-electron chi connectivity index (χ3n) is 6.45. The molecular weight excluding hydrogens is 438 g/mol. The lowest BCUT2D eigenvalue weighted by Gasteiger charge is -2.26. The Kier molecular flexibility index (Phi) is 7.14. The zero-order valence-corrected chi connectivity index (χ0v) is 18.8. The van der Waals surface area contributed by atoms with E-state index in [0.717, 1.165) is 18.6 Å². The van der Waals surface area contributed by atoms with Gasteiger partial charge in [0.2, 0.25) is 5.91 Å². The molecule has 0 spiro atoms. The van der Waals surface area contributed by atoms with Crippen LogP contribution in [-0.2, 0) is 26.2 Å². The summed E-state index contributed by atoms with van der Waals surface area (Å²) in [7, 11) is 1.28. The molecule has 4 nitrogen and oxygen atoms in total. The van der Waals surface area contributed by atoms with Crippen molar-refractivity contribution in [3.63, 3.8) is 0 Å². The van der Waals surface area contributed by atoms with Crippen LogP contribution in [0.1, 0.15) is 55.7 Å². The summed E-state index contributed by atoms with van der Waals surface area (Å²) >= 11 is 0. The summed E-state index contributed by atoms with van der Waals surface area (Å²) in [5.41, 5.74) is 1.05. The number of ether oxygens (including phenoxy) is 1. The van der Waals surface area contributed by atoms with Crippen LogP contribution in [0, 0.1) is 11.7 Å². The second kappa shape index (κ2) is 9.53. The molecule has 0 bridgehead atoms. The first-order valence-electron chi connectivity index (χ1n) is 10.8. The van der Waals surface area contributed by atoms with Gasteiger partial charge in [-0.05, 0) is 48.1 Å². The van der Waals surface area contributed by atoms with Crippen molar-refractivity contribution in [1.29, 1.82) is 0 Å². The second-order valence-electron chi connectivity index (χ2n) is 8.62. The summed E-state index contributed by atoms with van der Waals surface area (Å²) in [6, 6.07) is 10.5. The van der Waals surface area contributed by atoms with Crippen LogP contribution in [0.3, 0.4) is 0 Å². The van der Waals surface area contributed by atoms with Gasteiger partial charge >= 0.3 is 12.1 Å². The average molecular weight is 465 g/mol. The van der Waals surface area contributed by atoms with Gasteiger partial charge in [-0.25, -0.2) is 4.39 Å². The predicted octanol–water partition coefficient (Wildman–Crippen LogP) is 5.90. The Morgan fingerprint density at radius 1 is 1.12 bits per heavy atom. The van der Waals surface area contributed by atoms with E-state index in [4.69, 9.17) is 4.74 Å². The number of methoxy groups -OCH3 is 1. The number of hydrogen-bond donors (Lipinski definition) is 1. The van der Waals surface area contributed by atoms with Crippen LogP contribution in [-0.4, -0.2) is 25.2 Å². The van der Waals surface area contributed by atoms with Crippen molar-refractivity contribution in [3.8, 4) is 0 Å².